The summed E-state index contributed by atoms with van der Waals surface area (Å²) in [6.07, 6.45) is 5.74. The summed E-state index contributed by atoms with van der Waals surface area (Å²) in [7, 11) is 2.03. The van der Waals surface area contributed by atoms with Crippen molar-refractivity contribution in [3.05, 3.63) is 15.9 Å². The average Bonchev–Trinajstić information content (AvgIpc) is 2.55. The number of hydrogen-bond acceptors (Lipinski definition) is 1. The van der Waals surface area contributed by atoms with Gasteiger partial charge in [-0.25, -0.2) is 0 Å². The lowest BCUT2D eigenvalue weighted by atomic mass is 10.1. The maximum absolute atomic E-state index is 4.50. The number of hydrogen-bond donors (Lipinski definition) is 0. The third-order valence-electron chi connectivity index (χ3n) is 2.88. The molecule has 0 spiro atoms. The molecular formula is C12H20Br2N2. The van der Waals surface area contributed by atoms with E-state index in [4.69, 9.17) is 0 Å². The van der Waals surface area contributed by atoms with Crippen molar-refractivity contribution in [2.45, 2.75) is 50.8 Å². The molecule has 1 atom stereocenters. The molecule has 1 aromatic rings. The van der Waals surface area contributed by atoms with Crippen LogP contribution >= 0.6 is 31.9 Å². The van der Waals surface area contributed by atoms with Gasteiger partial charge in [0, 0.05) is 11.9 Å². The predicted molar refractivity (Wildman–Crippen MR) is 76.2 cm³/mol. The van der Waals surface area contributed by atoms with Crippen LogP contribution in [-0.4, -0.2) is 14.6 Å². The quantitative estimate of drug-likeness (QED) is 0.701. The van der Waals surface area contributed by atoms with E-state index in [1.807, 2.05) is 11.7 Å². The van der Waals surface area contributed by atoms with Crippen molar-refractivity contribution < 1.29 is 0 Å². The fourth-order valence-corrected chi connectivity index (χ4v) is 2.92. The van der Waals surface area contributed by atoms with Crippen LogP contribution in [0.1, 0.15) is 44.5 Å². The Kier molecular flexibility index (Phi) is 6.05. The predicted octanol–water partition coefficient (Wildman–Crippen LogP) is 4.24. The zero-order chi connectivity index (χ0) is 12.1. The van der Waals surface area contributed by atoms with Crippen LogP contribution in [0.25, 0.3) is 0 Å². The van der Waals surface area contributed by atoms with Gasteiger partial charge in [-0.05, 0) is 48.0 Å². The zero-order valence-corrected chi connectivity index (χ0v) is 13.4. The highest BCUT2D eigenvalue weighted by Gasteiger charge is 2.12. The second-order valence-corrected chi connectivity index (χ2v) is 6.17. The molecule has 4 heteroatoms. The topological polar surface area (TPSA) is 17.8 Å². The molecule has 0 aliphatic rings. The molecule has 0 amide bonds. The van der Waals surface area contributed by atoms with E-state index in [1.165, 1.54) is 35.1 Å². The van der Waals surface area contributed by atoms with Crippen molar-refractivity contribution in [3.8, 4) is 0 Å². The van der Waals surface area contributed by atoms with Gasteiger partial charge in [0.2, 0.25) is 0 Å². The Morgan fingerprint density at radius 3 is 2.56 bits per heavy atom. The minimum Gasteiger partial charge on any atom is -0.271 e. The van der Waals surface area contributed by atoms with Gasteiger partial charge in [-0.15, -0.1) is 0 Å². The van der Waals surface area contributed by atoms with Gasteiger partial charge in [-0.2, -0.15) is 5.10 Å². The lowest BCUT2D eigenvalue weighted by Gasteiger charge is -2.06. The molecule has 1 rings (SSSR count). The molecule has 16 heavy (non-hydrogen) atoms. The number of alkyl halides is 1. The first-order chi connectivity index (χ1) is 7.60. The van der Waals surface area contributed by atoms with Crippen molar-refractivity contribution >= 4 is 31.9 Å². The monoisotopic (exact) mass is 350 g/mol. The smallest absolute Gasteiger partial charge is 0.0766 e. The highest BCUT2D eigenvalue weighted by molar-refractivity contribution is 9.10. The van der Waals surface area contributed by atoms with Crippen LogP contribution in [0.5, 0.6) is 0 Å². The molecule has 1 aromatic heterocycles. The fourth-order valence-electron chi connectivity index (χ4n) is 1.79. The Hall–Kier alpha value is 0.170. The summed E-state index contributed by atoms with van der Waals surface area (Å²) in [6, 6.07) is 0. The van der Waals surface area contributed by atoms with Gasteiger partial charge in [0.25, 0.3) is 0 Å². The van der Waals surface area contributed by atoms with Crippen LogP contribution in [0.15, 0.2) is 4.47 Å². The molecule has 0 fully saturated rings. The van der Waals surface area contributed by atoms with Crippen LogP contribution in [0.4, 0.5) is 0 Å². The summed E-state index contributed by atoms with van der Waals surface area (Å²) >= 11 is 7.32. The summed E-state index contributed by atoms with van der Waals surface area (Å²) in [6.45, 7) is 4.36. The highest BCUT2D eigenvalue weighted by atomic mass is 79.9. The van der Waals surface area contributed by atoms with Crippen molar-refractivity contribution in [1.82, 2.24) is 9.78 Å². The number of nitrogens with zero attached hydrogens (tertiary/aromatic N) is 2. The van der Waals surface area contributed by atoms with Gasteiger partial charge in [0.15, 0.2) is 0 Å². The Balaban J connectivity index is 2.56. The third-order valence-corrected chi connectivity index (χ3v) is 4.90. The first-order valence-corrected chi connectivity index (χ1v) is 7.65. The SMILES string of the molecule is CCc1nn(C)c(CCCC(Br)CC)c1Br. The second kappa shape index (κ2) is 6.80. The molecular weight excluding hydrogens is 332 g/mol. The second-order valence-electron chi connectivity index (χ2n) is 4.08. The summed E-state index contributed by atoms with van der Waals surface area (Å²) < 4.78 is 3.22. The number of halogens is 2. The van der Waals surface area contributed by atoms with E-state index in [1.54, 1.807) is 0 Å². The fraction of sp³-hybridized carbons (Fsp3) is 0.750. The molecule has 2 nitrogen and oxygen atoms in total. The van der Waals surface area contributed by atoms with Gasteiger partial charge in [-0.3, -0.25) is 4.68 Å². The van der Waals surface area contributed by atoms with Gasteiger partial charge in [0.1, 0.15) is 0 Å². The average molecular weight is 352 g/mol. The van der Waals surface area contributed by atoms with E-state index in [0.29, 0.717) is 4.83 Å². The van der Waals surface area contributed by atoms with Gasteiger partial charge < -0.3 is 0 Å². The van der Waals surface area contributed by atoms with E-state index in [9.17, 15) is 0 Å². The summed E-state index contributed by atoms with van der Waals surface area (Å²) in [5.41, 5.74) is 2.50. The summed E-state index contributed by atoms with van der Waals surface area (Å²) in [5, 5.41) is 4.50. The van der Waals surface area contributed by atoms with E-state index in [0.717, 1.165) is 12.8 Å². The molecule has 0 aliphatic carbocycles. The Morgan fingerprint density at radius 1 is 1.38 bits per heavy atom. The number of rotatable bonds is 6. The van der Waals surface area contributed by atoms with Gasteiger partial charge >= 0.3 is 0 Å². The van der Waals surface area contributed by atoms with E-state index >= 15 is 0 Å². The first kappa shape index (κ1) is 14.2. The zero-order valence-electron chi connectivity index (χ0n) is 10.3. The lowest BCUT2D eigenvalue weighted by Crippen LogP contribution is -2.01. The van der Waals surface area contributed by atoms with Gasteiger partial charge in [-0.1, -0.05) is 29.8 Å². The normalized spacial score (nSPS) is 13.1. The minimum atomic E-state index is 0.658. The Morgan fingerprint density at radius 2 is 2.06 bits per heavy atom. The molecule has 0 saturated heterocycles. The van der Waals surface area contributed by atoms with Crippen LogP contribution in [0.3, 0.4) is 0 Å². The maximum atomic E-state index is 4.50. The van der Waals surface area contributed by atoms with Crippen molar-refractivity contribution in [2.75, 3.05) is 0 Å². The molecule has 0 bridgehead atoms. The Bertz CT molecular complexity index is 334. The van der Waals surface area contributed by atoms with E-state index in [2.05, 4.69) is 50.8 Å². The number of aromatic nitrogens is 2. The van der Waals surface area contributed by atoms with Crippen molar-refractivity contribution in [1.29, 1.82) is 0 Å². The van der Waals surface area contributed by atoms with E-state index in [-0.39, 0.29) is 0 Å². The standard InChI is InChI=1S/C12H20Br2N2/c1-4-9(13)7-6-8-11-12(14)10(5-2)15-16(11)3/h9H,4-8H2,1-3H3. The van der Waals surface area contributed by atoms with Crippen molar-refractivity contribution in [3.63, 3.8) is 0 Å². The molecule has 0 aromatic carbocycles. The number of aryl methyl sites for hydroxylation is 2. The summed E-state index contributed by atoms with van der Waals surface area (Å²) in [4.78, 5) is 0.658. The van der Waals surface area contributed by atoms with Crippen LogP contribution in [0.2, 0.25) is 0 Å². The lowest BCUT2D eigenvalue weighted by molar-refractivity contribution is 0.639. The van der Waals surface area contributed by atoms with Crippen LogP contribution in [-0.2, 0) is 19.9 Å². The maximum Gasteiger partial charge on any atom is 0.0766 e. The highest BCUT2D eigenvalue weighted by Crippen LogP contribution is 2.24. The van der Waals surface area contributed by atoms with Crippen molar-refractivity contribution in [2.24, 2.45) is 7.05 Å². The molecule has 0 saturated carbocycles. The van der Waals surface area contributed by atoms with Crippen LogP contribution < -0.4 is 0 Å². The first-order valence-electron chi connectivity index (χ1n) is 5.94. The molecule has 0 radical (unpaired) electrons. The van der Waals surface area contributed by atoms with Crippen LogP contribution in [0, 0.1) is 0 Å². The summed E-state index contributed by atoms with van der Waals surface area (Å²) in [5.74, 6) is 0. The largest absolute Gasteiger partial charge is 0.271 e. The van der Waals surface area contributed by atoms with Gasteiger partial charge in [0.05, 0.1) is 15.9 Å². The molecule has 92 valence electrons. The molecule has 1 unspecified atom stereocenters. The minimum absolute atomic E-state index is 0.658. The molecule has 1 heterocycles. The Labute approximate surface area is 115 Å². The third kappa shape index (κ3) is 3.59. The molecule has 0 aliphatic heterocycles. The molecule has 0 N–H and O–H groups in total. The van der Waals surface area contributed by atoms with E-state index < -0.39 is 0 Å².